The molecule has 0 bridgehead atoms. The predicted molar refractivity (Wildman–Crippen MR) is 177 cm³/mol. The van der Waals surface area contributed by atoms with Crippen LogP contribution in [0.4, 0.5) is 0 Å². The molecular weight excluding hydrogens is 560 g/mol. The third-order valence-corrected chi connectivity index (χ3v) is 8.00. The number of methoxy groups -OCH3 is 2. The highest BCUT2D eigenvalue weighted by atomic mass is 16.5. The van der Waals surface area contributed by atoms with Crippen molar-refractivity contribution in [3.05, 3.63) is 167 Å². The van der Waals surface area contributed by atoms with Crippen molar-refractivity contribution >= 4 is 11.8 Å². The zero-order valence-electron chi connectivity index (χ0n) is 25.7. The van der Waals surface area contributed by atoms with Gasteiger partial charge in [-0.2, -0.15) is 0 Å². The Bertz CT molecular complexity index is 1610. The zero-order chi connectivity index (χ0) is 31.5. The van der Waals surface area contributed by atoms with Crippen LogP contribution in [-0.2, 0) is 30.7 Å². The Morgan fingerprint density at radius 2 is 1.02 bits per heavy atom. The summed E-state index contributed by atoms with van der Waals surface area (Å²) in [5, 5.41) is 3.22. The van der Waals surface area contributed by atoms with Crippen molar-refractivity contribution in [2.45, 2.75) is 31.5 Å². The number of ether oxygens (including phenoxy) is 2. The molecule has 228 valence electrons. The number of hydrogen-bond acceptors (Lipinski definition) is 4. The SMILES string of the molecule is COc1ccc(CNC(=O)C(Cc2ccccc2)(Cc2ccccc2)N(Cc2ccc(OC)cc2)C(=O)c2ccccc2)cc1. The number of amides is 2. The van der Waals surface area contributed by atoms with E-state index < -0.39 is 5.54 Å². The molecule has 0 unspecified atom stereocenters. The van der Waals surface area contributed by atoms with Crippen molar-refractivity contribution in [1.82, 2.24) is 10.2 Å². The number of carbonyl (C=O) groups excluding carboxylic acids is 2. The molecule has 0 heterocycles. The molecule has 0 saturated heterocycles. The fourth-order valence-electron chi connectivity index (χ4n) is 5.56. The van der Waals surface area contributed by atoms with Gasteiger partial charge in [-0.15, -0.1) is 0 Å². The summed E-state index contributed by atoms with van der Waals surface area (Å²) < 4.78 is 10.7. The monoisotopic (exact) mass is 598 g/mol. The molecule has 1 N–H and O–H groups in total. The van der Waals surface area contributed by atoms with E-state index in [2.05, 4.69) is 5.32 Å². The minimum absolute atomic E-state index is 0.216. The molecule has 5 rings (SSSR count). The summed E-state index contributed by atoms with van der Waals surface area (Å²) in [6.07, 6.45) is 0.623. The summed E-state index contributed by atoms with van der Waals surface area (Å²) in [7, 11) is 3.25. The third-order valence-electron chi connectivity index (χ3n) is 8.00. The van der Waals surface area contributed by atoms with Crippen molar-refractivity contribution < 1.29 is 19.1 Å². The van der Waals surface area contributed by atoms with Gasteiger partial charge in [-0.25, -0.2) is 0 Å². The summed E-state index contributed by atoms with van der Waals surface area (Å²) in [5.41, 5.74) is 2.94. The number of hydrogen-bond donors (Lipinski definition) is 1. The average molecular weight is 599 g/mol. The molecule has 0 saturated carbocycles. The molecule has 45 heavy (non-hydrogen) atoms. The lowest BCUT2D eigenvalue weighted by Gasteiger charge is -2.43. The number of carbonyl (C=O) groups is 2. The van der Waals surface area contributed by atoms with Crippen LogP contribution >= 0.6 is 0 Å². The lowest BCUT2D eigenvalue weighted by atomic mass is 9.81. The first-order valence-corrected chi connectivity index (χ1v) is 15.0. The van der Waals surface area contributed by atoms with Gasteiger partial charge in [-0.3, -0.25) is 9.59 Å². The van der Waals surface area contributed by atoms with Gasteiger partial charge in [0, 0.05) is 31.5 Å². The molecule has 0 atom stereocenters. The first-order valence-electron chi connectivity index (χ1n) is 15.0. The van der Waals surface area contributed by atoms with Crippen LogP contribution in [0.3, 0.4) is 0 Å². The summed E-state index contributed by atoms with van der Waals surface area (Å²) in [4.78, 5) is 31.3. The maximum atomic E-state index is 14.9. The molecule has 0 radical (unpaired) electrons. The Hall–Kier alpha value is -5.36. The van der Waals surface area contributed by atoms with Crippen molar-refractivity contribution in [1.29, 1.82) is 0 Å². The highest BCUT2D eigenvalue weighted by Crippen LogP contribution is 2.31. The summed E-state index contributed by atoms with van der Waals surface area (Å²) in [6.45, 7) is 0.511. The fourth-order valence-corrected chi connectivity index (χ4v) is 5.56. The van der Waals surface area contributed by atoms with E-state index in [4.69, 9.17) is 9.47 Å². The van der Waals surface area contributed by atoms with Gasteiger partial charge in [0.1, 0.15) is 17.0 Å². The van der Waals surface area contributed by atoms with Crippen LogP contribution < -0.4 is 14.8 Å². The summed E-state index contributed by atoms with van der Waals surface area (Å²) in [6, 6.07) is 44.2. The molecule has 0 aliphatic heterocycles. The highest BCUT2D eigenvalue weighted by molar-refractivity contribution is 5.99. The maximum Gasteiger partial charge on any atom is 0.255 e. The smallest absolute Gasteiger partial charge is 0.255 e. The molecule has 0 aliphatic carbocycles. The largest absolute Gasteiger partial charge is 0.497 e. The van der Waals surface area contributed by atoms with E-state index in [9.17, 15) is 9.59 Å². The Morgan fingerprint density at radius 3 is 1.49 bits per heavy atom. The minimum Gasteiger partial charge on any atom is -0.497 e. The van der Waals surface area contributed by atoms with Gasteiger partial charge >= 0.3 is 0 Å². The van der Waals surface area contributed by atoms with Gasteiger partial charge in [-0.1, -0.05) is 103 Å². The van der Waals surface area contributed by atoms with E-state index in [0.717, 1.165) is 33.8 Å². The van der Waals surface area contributed by atoms with Gasteiger partial charge in [0.05, 0.1) is 14.2 Å². The van der Waals surface area contributed by atoms with Crippen molar-refractivity contribution in [2.75, 3.05) is 14.2 Å². The second-order valence-corrected chi connectivity index (χ2v) is 11.0. The number of nitrogens with one attached hydrogen (secondary N) is 1. The van der Waals surface area contributed by atoms with Crippen LogP contribution in [-0.4, -0.2) is 36.5 Å². The third kappa shape index (κ3) is 7.78. The average Bonchev–Trinajstić information content (AvgIpc) is 3.10. The molecule has 5 aromatic rings. The van der Waals surface area contributed by atoms with E-state index in [1.165, 1.54) is 0 Å². The number of nitrogens with zero attached hydrogens (tertiary/aromatic N) is 1. The van der Waals surface area contributed by atoms with Crippen LogP contribution in [0, 0.1) is 0 Å². The van der Waals surface area contributed by atoms with Gasteiger partial charge in [-0.05, 0) is 58.7 Å². The van der Waals surface area contributed by atoms with Crippen LogP contribution in [0.25, 0.3) is 0 Å². The van der Waals surface area contributed by atoms with E-state index >= 15 is 0 Å². The first kappa shape index (κ1) is 31.1. The Labute approximate surface area is 265 Å². The zero-order valence-corrected chi connectivity index (χ0v) is 25.7. The standard InChI is InChI=1S/C39H38N2O4/c1-44-35-22-18-32(19-23-35)28-40-38(43)39(26-30-12-6-3-7-13-30,27-31-14-8-4-9-15-31)41(37(42)34-16-10-5-11-17-34)29-33-20-24-36(45-2)25-21-33/h3-25H,26-29H2,1-2H3,(H,40,43). The van der Waals surface area contributed by atoms with Crippen LogP contribution in [0.2, 0.25) is 0 Å². The fraction of sp³-hybridized carbons (Fsp3) is 0.179. The van der Waals surface area contributed by atoms with Gasteiger partial charge < -0.3 is 19.7 Å². The van der Waals surface area contributed by atoms with E-state index in [1.54, 1.807) is 31.3 Å². The minimum atomic E-state index is -1.29. The van der Waals surface area contributed by atoms with E-state index in [-0.39, 0.29) is 18.4 Å². The summed E-state index contributed by atoms with van der Waals surface area (Å²) in [5.74, 6) is 1.00. The Morgan fingerprint density at radius 1 is 0.578 bits per heavy atom. The van der Waals surface area contributed by atoms with Crippen molar-refractivity contribution in [3.63, 3.8) is 0 Å². The maximum absolute atomic E-state index is 14.9. The first-order chi connectivity index (χ1) is 22.0. The quantitative estimate of drug-likeness (QED) is 0.160. The van der Waals surface area contributed by atoms with Crippen LogP contribution in [0.15, 0.2) is 140 Å². The molecule has 6 nitrogen and oxygen atoms in total. The van der Waals surface area contributed by atoms with Gasteiger partial charge in [0.2, 0.25) is 5.91 Å². The molecule has 0 aliphatic rings. The molecule has 0 aromatic heterocycles. The number of benzene rings is 5. The van der Waals surface area contributed by atoms with E-state index in [1.807, 2.05) is 127 Å². The molecule has 5 aromatic carbocycles. The predicted octanol–water partition coefficient (Wildman–Crippen LogP) is 6.89. The Kier molecular flexibility index (Phi) is 10.3. The lowest BCUT2D eigenvalue weighted by molar-refractivity contribution is -0.133. The van der Waals surface area contributed by atoms with E-state index in [0.29, 0.717) is 24.9 Å². The van der Waals surface area contributed by atoms with Crippen molar-refractivity contribution in [2.24, 2.45) is 0 Å². The second kappa shape index (κ2) is 14.9. The topological polar surface area (TPSA) is 67.9 Å². The summed E-state index contributed by atoms with van der Waals surface area (Å²) >= 11 is 0. The normalized spacial score (nSPS) is 11.0. The second-order valence-electron chi connectivity index (χ2n) is 11.0. The molecule has 0 fully saturated rings. The molecule has 0 spiro atoms. The van der Waals surface area contributed by atoms with Crippen LogP contribution in [0.5, 0.6) is 11.5 Å². The molecule has 2 amide bonds. The molecule has 6 heteroatoms. The number of rotatable bonds is 13. The van der Waals surface area contributed by atoms with Gasteiger partial charge in [0.15, 0.2) is 0 Å². The Balaban J connectivity index is 1.64. The highest BCUT2D eigenvalue weighted by Gasteiger charge is 2.47. The van der Waals surface area contributed by atoms with Gasteiger partial charge in [0.25, 0.3) is 5.91 Å². The lowest BCUT2D eigenvalue weighted by Crippen LogP contribution is -2.63. The van der Waals surface area contributed by atoms with Crippen LogP contribution in [0.1, 0.15) is 32.6 Å². The molecular formula is C39H38N2O4. The van der Waals surface area contributed by atoms with Crippen molar-refractivity contribution in [3.8, 4) is 11.5 Å².